The predicted octanol–water partition coefficient (Wildman–Crippen LogP) is 1.94. The van der Waals surface area contributed by atoms with Crippen molar-refractivity contribution in [2.45, 2.75) is 32.0 Å². The Balaban J connectivity index is 1.89. The minimum absolute atomic E-state index is 0.0996. The van der Waals surface area contributed by atoms with Crippen molar-refractivity contribution >= 4 is 17.6 Å². The second kappa shape index (κ2) is 8.20. The van der Waals surface area contributed by atoms with Crippen molar-refractivity contribution in [3.8, 4) is 5.75 Å². The monoisotopic (exact) mass is 372 g/mol. The summed E-state index contributed by atoms with van der Waals surface area (Å²) in [7, 11) is 0. The highest BCUT2D eigenvalue weighted by molar-refractivity contribution is 5.94. The number of nitrogens with zero attached hydrogens (tertiary/aromatic N) is 1. The van der Waals surface area contributed by atoms with Crippen molar-refractivity contribution in [2.75, 3.05) is 19.7 Å². The summed E-state index contributed by atoms with van der Waals surface area (Å²) < 4.78 is 42.0. The fraction of sp³-hybridized carbons (Fsp3) is 0.471. The number of likely N-dealkylation sites (tertiary alicyclic amines) is 1. The molecule has 2 amide bonds. The molecule has 1 unspecified atom stereocenters. The Labute approximate surface area is 148 Å². The van der Waals surface area contributed by atoms with Gasteiger partial charge in [0.1, 0.15) is 18.3 Å². The van der Waals surface area contributed by atoms with Crippen molar-refractivity contribution in [3.05, 3.63) is 29.8 Å². The van der Waals surface area contributed by atoms with Gasteiger partial charge < -0.3 is 15.0 Å². The third-order valence-electron chi connectivity index (χ3n) is 3.96. The van der Waals surface area contributed by atoms with Gasteiger partial charge in [0.25, 0.3) is 5.91 Å². The van der Waals surface area contributed by atoms with E-state index in [2.05, 4.69) is 0 Å². The molecule has 1 atom stereocenters. The molecular formula is C17H19F3N2O4. The number of amides is 2. The predicted molar refractivity (Wildman–Crippen MR) is 85.7 cm³/mol. The third kappa shape index (κ3) is 5.47. The van der Waals surface area contributed by atoms with Crippen LogP contribution in [0.2, 0.25) is 0 Å². The molecule has 6 nitrogen and oxygen atoms in total. The molecule has 0 aromatic heterocycles. The van der Waals surface area contributed by atoms with Crippen molar-refractivity contribution in [1.29, 1.82) is 0 Å². The Morgan fingerprint density at radius 3 is 2.46 bits per heavy atom. The molecule has 0 saturated carbocycles. The number of benzene rings is 1. The van der Waals surface area contributed by atoms with Gasteiger partial charge in [-0.1, -0.05) is 0 Å². The van der Waals surface area contributed by atoms with Gasteiger partial charge in [0.05, 0.1) is 0 Å². The third-order valence-corrected chi connectivity index (χ3v) is 3.96. The van der Waals surface area contributed by atoms with Gasteiger partial charge >= 0.3 is 6.18 Å². The van der Waals surface area contributed by atoms with E-state index in [0.717, 1.165) is 0 Å². The summed E-state index contributed by atoms with van der Waals surface area (Å²) in [4.78, 5) is 36.6. The van der Waals surface area contributed by atoms with E-state index in [-0.39, 0.29) is 18.9 Å². The zero-order valence-corrected chi connectivity index (χ0v) is 14.1. The molecule has 0 bridgehead atoms. The standard InChI is InChI=1S/C17H19F3N2O4/c1-11(23)12-4-6-13(7-5-12)26-9-15(24)22-8-2-3-14(22)16(25)21-10-17(18,19)20/h4-7,14H,2-3,8-10H2,1H3,(H,21,25). The van der Waals surface area contributed by atoms with Crippen LogP contribution in [0.1, 0.15) is 30.1 Å². The van der Waals surface area contributed by atoms with Crippen LogP contribution in [0.4, 0.5) is 13.2 Å². The fourth-order valence-corrected chi connectivity index (χ4v) is 2.66. The summed E-state index contributed by atoms with van der Waals surface area (Å²) in [5, 5.41) is 1.81. The summed E-state index contributed by atoms with van der Waals surface area (Å²) in [6, 6.07) is 5.29. The fourth-order valence-electron chi connectivity index (χ4n) is 2.66. The average Bonchev–Trinajstić information content (AvgIpc) is 3.07. The normalized spacial score (nSPS) is 17.1. The van der Waals surface area contributed by atoms with Gasteiger partial charge in [-0.25, -0.2) is 0 Å². The first-order valence-electron chi connectivity index (χ1n) is 8.05. The number of nitrogens with one attached hydrogen (secondary N) is 1. The van der Waals surface area contributed by atoms with Crippen LogP contribution in [-0.4, -0.2) is 54.4 Å². The number of rotatable bonds is 6. The lowest BCUT2D eigenvalue weighted by Crippen LogP contribution is -2.49. The van der Waals surface area contributed by atoms with E-state index in [9.17, 15) is 27.6 Å². The maximum atomic E-state index is 12.3. The van der Waals surface area contributed by atoms with Crippen LogP contribution in [0.3, 0.4) is 0 Å². The maximum Gasteiger partial charge on any atom is 0.405 e. The van der Waals surface area contributed by atoms with Gasteiger partial charge in [-0.2, -0.15) is 13.2 Å². The zero-order chi connectivity index (χ0) is 19.3. The molecule has 0 radical (unpaired) electrons. The average molecular weight is 372 g/mol. The molecular weight excluding hydrogens is 353 g/mol. The number of carbonyl (C=O) groups is 3. The van der Waals surface area contributed by atoms with E-state index in [0.29, 0.717) is 24.2 Å². The summed E-state index contributed by atoms with van der Waals surface area (Å²) in [6.07, 6.45) is -3.66. The Hall–Kier alpha value is -2.58. The van der Waals surface area contributed by atoms with Crippen LogP contribution in [0.15, 0.2) is 24.3 Å². The first kappa shape index (κ1) is 19.7. The van der Waals surface area contributed by atoms with Crippen molar-refractivity contribution in [2.24, 2.45) is 0 Å². The maximum absolute atomic E-state index is 12.3. The van der Waals surface area contributed by atoms with Crippen LogP contribution < -0.4 is 10.1 Å². The SMILES string of the molecule is CC(=O)c1ccc(OCC(=O)N2CCCC2C(=O)NCC(F)(F)F)cc1. The molecule has 26 heavy (non-hydrogen) atoms. The Morgan fingerprint density at radius 1 is 1.23 bits per heavy atom. The summed E-state index contributed by atoms with van der Waals surface area (Å²) in [6.45, 7) is -0.0574. The first-order chi connectivity index (χ1) is 12.2. The first-order valence-corrected chi connectivity index (χ1v) is 8.05. The highest BCUT2D eigenvalue weighted by atomic mass is 19.4. The molecule has 1 aromatic carbocycles. The van der Waals surface area contributed by atoms with Crippen LogP contribution in [0.25, 0.3) is 0 Å². The van der Waals surface area contributed by atoms with Crippen molar-refractivity contribution in [3.63, 3.8) is 0 Å². The Bertz CT molecular complexity index is 674. The number of ether oxygens (including phenoxy) is 1. The molecule has 0 aliphatic carbocycles. The van der Waals surface area contributed by atoms with E-state index >= 15 is 0 Å². The highest BCUT2D eigenvalue weighted by Crippen LogP contribution is 2.20. The largest absolute Gasteiger partial charge is 0.484 e. The van der Waals surface area contributed by atoms with E-state index in [1.54, 1.807) is 24.3 Å². The summed E-state index contributed by atoms with van der Waals surface area (Å²) in [5.74, 6) is -1.03. The van der Waals surface area contributed by atoms with Gasteiger partial charge in [0.2, 0.25) is 5.91 Å². The number of ketones is 1. The number of hydrogen-bond acceptors (Lipinski definition) is 4. The Morgan fingerprint density at radius 2 is 1.88 bits per heavy atom. The van der Waals surface area contributed by atoms with Crippen LogP contribution in [0, 0.1) is 0 Å². The van der Waals surface area contributed by atoms with Crippen molar-refractivity contribution in [1.82, 2.24) is 10.2 Å². The molecule has 2 rings (SSSR count). The van der Waals surface area contributed by atoms with Crippen molar-refractivity contribution < 1.29 is 32.3 Å². The van der Waals surface area contributed by atoms with Crippen LogP contribution in [0.5, 0.6) is 5.75 Å². The molecule has 1 N–H and O–H groups in total. The topological polar surface area (TPSA) is 75.7 Å². The van der Waals surface area contributed by atoms with Crippen LogP contribution >= 0.6 is 0 Å². The van der Waals surface area contributed by atoms with Gasteiger partial charge in [-0.3, -0.25) is 14.4 Å². The number of hydrogen-bond donors (Lipinski definition) is 1. The van der Waals surface area contributed by atoms with E-state index in [1.807, 2.05) is 5.32 Å². The summed E-state index contributed by atoms with van der Waals surface area (Å²) in [5.41, 5.74) is 0.504. The lowest BCUT2D eigenvalue weighted by Gasteiger charge is -2.24. The van der Waals surface area contributed by atoms with E-state index in [4.69, 9.17) is 4.74 Å². The molecule has 1 aliphatic rings. The lowest BCUT2D eigenvalue weighted by atomic mass is 10.1. The molecule has 1 fully saturated rings. The molecule has 142 valence electrons. The molecule has 9 heteroatoms. The van der Waals surface area contributed by atoms with Gasteiger partial charge in [-0.15, -0.1) is 0 Å². The lowest BCUT2D eigenvalue weighted by molar-refractivity contribution is -0.145. The van der Waals surface area contributed by atoms with Gasteiger partial charge in [0.15, 0.2) is 12.4 Å². The Kier molecular flexibility index (Phi) is 6.23. The van der Waals surface area contributed by atoms with Gasteiger partial charge in [0, 0.05) is 12.1 Å². The second-order valence-electron chi connectivity index (χ2n) is 5.95. The van der Waals surface area contributed by atoms with E-state index < -0.39 is 30.6 Å². The smallest absolute Gasteiger partial charge is 0.405 e. The number of halogens is 3. The quantitative estimate of drug-likeness (QED) is 0.775. The summed E-state index contributed by atoms with van der Waals surface area (Å²) >= 11 is 0. The van der Waals surface area contributed by atoms with Crippen LogP contribution in [-0.2, 0) is 9.59 Å². The highest BCUT2D eigenvalue weighted by Gasteiger charge is 2.36. The second-order valence-corrected chi connectivity index (χ2v) is 5.95. The molecule has 1 aromatic rings. The van der Waals surface area contributed by atoms with Gasteiger partial charge in [-0.05, 0) is 44.0 Å². The number of Topliss-reactive ketones (excluding diaryl/α,β-unsaturated/α-hetero) is 1. The molecule has 1 heterocycles. The number of carbonyl (C=O) groups excluding carboxylic acids is 3. The molecule has 1 aliphatic heterocycles. The minimum Gasteiger partial charge on any atom is -0.484 e. The minimum atomic E-state index is -4.50. The molecule has 0 spiro atoms. The molecule has 1 saturated heterocycles. The van der Waals surface area contributed by atoms with E-state index in [1.165, 1.54) is 11.8 Å². The zero-order valence-electron chi connectivity index (χ0n) is 14.1. The number of alkyl halides is 3.